The molecule has 0 radical (unpaired) electrons. The Kier molecular flexibility index (Phi) is 7.61. The molecule has 0 fully saturated rings. The molecule has 6 nitrogen and oxygen atoms in total. The van der Waals surface area contributed by atoms with Gasteiger partial charge in [0.2, 0.25) is 5.91 Å². The van der Waals surface area contributed by atoms with Crippen LogP contribution in [0, 0.1) is 0 Å². The van der Waals surface area contributed by atoms with Crippen LogP contribution in [0.15, 0.2) is 30.3 Å². The third-order valence-electron chi connectivity index (χ3n) is 3.54. The minimum Gasteiger partial charge on any atom is -0.444 e. The van der Waals surface area contributed by atoms with Crippen molar-refractivity contribution in [2.75, 3.05) is 0 Å². The molecule has 1 rings (SSSR count). The second kappa shape index (κ2) is 9.20. The van der Waals surface area contributed by atoms with E-state index in [1.807, 2.05) is 30.3 Å². The van der Waals surface area contributed by atoms with Crippen LogP contribution >= 0.6 is 0 Å². The molecule has 0 aliphatic carbocycles. The van der Waals surface area contributed by atoms with Gasteiger partial charge in [0.1, 0.15) is 11.6 Å². The van der Waals surface area contributed by atoms with Crippen LogP contribution in [0.3, 0.4) is 0 Å². The smallest absolute Gasteiger partial charge is 0.408 e. The maximum Gasteiger partial charge on any atom is 0.408 e. The highest BCUT2D eigenvalue weighted by molar-refractivity contribution is 5.91. The second-order valence-electron chi connectivity index (χ2n) is 7.06. The van der Waals surface area contributed by atoms with Crippen LogP contribution in [0.4, 0.5) is 4.79 Å². The first kappa shape index (κ1) is 20.7. The number of hydrogen-bond donors (Lipinski definition) is 2. The first-order chi connectivity index (χ1) is 11.6. The van der Waals surface area contributed by atoms with Gasteiger partial charge in [0.25, 0.3) is 0 Å². The van der Waals surface area contributed by atoms with Crippen molar-refractivity contribution in [2.24, 2.45) is 0 Å². The summed E-state index contributed by atoms with van der Waals surface area (Å²) in [6.07, 6.45) is 0.360. The molecular formula is C19H28N2O4. The summed E-state index contributed by atoms with van der Waals surface area (Å²) >= 11 is 0. The molecule has 2 N–H and O–H groups in total. The first-order valence-electron chi connectivity index (χ1n) is 8.43. The molecule has 0 saturated heterocycles. The lowest BCUT2D eigenvalue weighted by Crippen LogP contribution is -2.51. The molecule has 0 unspecified atom stereocenters. The number of amides is 2. The van der Waals surface area contributed by atoms with Crippen molar-refractivity contribution in [3.63, 3.8) is 0 Å². The van der Waals surface area contributed by atoms with Crippen LogP contribution in [0.1, 0.15) is 46.6 Å². The fraction of sp³-hybridized carbons (Fsp3) is 0.526. The highest BCUT2D eigenvalue weighted by atomic mass is 16.6. The normalized spacial score (nSPS) is 13.5. The highest BCUT2D eigenvalue weighted by Crippen LogP contribution is 2.09. The van der Waals surface area contributed by atoms with E-state index < -0.39 is 29.7 Å². The summed E-state index contributed by atoms with van der Waals surface area (Å²) in [5, 5.41) is 5.23. The third kappa shape index (κ3) is 8.33. The summed E-state index contributed by atoms with van der Waals surface area (Å²) in [5.74, 6) is -0.545. The van der Waals surface area contributed by atoms with E-state index in [1.165, 1.54) is 6.92 Å². The van der Waals surface area contributed by atoms with Crippen molar-refractivity contribution in [3.8, 4) is 0 Å². The van der Waals surface area contributed by atoms with E-state index >= 15 is 0 Å². The minimum atomic E-state index is -0.781. The van der Waals surface area contributed by atoms with E-state index in [1.54, 1.807) is 27.7 Å². The topological polar surface area (TPSA) is 84.5 Å². The van der Waals surface area contributed by atoms with Crippen LogP contribution in [-0.2, 0) is 20.7 Å². The summed E-state index contributed by atoms with van der Waals surface area (Å²) in [6, 6.07) is 8.29. The number of ether oxygens (including phenoxy) is 1. The van der Waals surface area contributed by atoms with Gasteiger partial charge < -0.3 is 15.4 Å². The summed E-state index contributed by atoms with van der Waals surface area (Å²) in [6.45, 7) is 8.28. The number of rotatable bonds is 7. The predicted molar refractivity (Wildman–Crippen MR) is 96.2 cm³/mol. The lowest BCUT2D eigenvalue weighted by atomic mass is 10.0. The number of Topliss-reactive ketones (excluding diaryl/α,β-unsaturated/α-hetero) is 1. The zero-order valence-electron chi connectivity index (χ0n) is 15.6. The molecule has 138 valence electrons. The standard InChI is InChI=1S/C19H28N2O4/c1-13(14(2)22)20-17(23)16(21-18(24)25-19(3,4)5)12-11-15-9-7-6-8-10-15/h6-10,13,16H,11-12H2,1-5H3,(H,20,23)(H,21,24)/t13-,16-/m0/s1. The Morgan fingerprint density at radius 3 is 2.20 bits per heavy atom. The molecule has 0 aliphatic heterocycles. The van der Waals surface area contributed by atoms with Gasteiger partial charge in [0.15, 0.2) is 5.78 Å². The molecule has 2 atom stereocenters. The van der Waals surface area contributed by atoms with Gasteiger partial charge in [-0.3, -0.25) is 9.59 Å². The van der Waals surface area contributed by atoms with Crippen molar-refractivity contribution in [3.05, 3.63) is 35.9 Å². The summed E-state index contributed by atoms with van der Waals surface area (Å²) in [5.41, 5.74) is 0.405. The van der Waals surface area contributed by atoms with Crippen molar-refractivity contribution in [2.45, 2.75) is 65.1 Å². The highest BCUT2D eigenvalue weighted by Gasteiger charge is 2.25. The molecular weight excluding hydrogens is 320 g/mol. The lowest BCUT2D eigenvalue weighted by molar-refractivity contribution is -0.128. The molecule has 1 aromatic rings. The van der Waals surface area contributed by atoms with Gasteiger partial charge in [-0.2, -0.15) is 0 Å². The van der Waals surface area contributed by atoms with Crippen LogP contribution in [0.2, 0.25) is 0 Å². The van der Waals surface area contributed by atoms with Gasteiger partial charge in [-0.1, -0.05) is 30.3 Å². The van der Waals surface area contributed by atoms with Gasteiger partial charge in [0.05, 0.1) is 6.04 Å². The molecule has 0 aromatic heterocycles. The van der Waals surface area contributed by atoms with E-state index in [0.717, 1.165) is 5.56 Å². The molecule has 25 heavy (non-hydrogen) atoms. The Hall–Kier alpha value is -2.37. The monoisotopic (exact) mass is 348 g/mol. The average molecular weight is 348 g/mol. The van der Waals surface area contributed by atoms with Gasteiger partial charge in [0, 0.05) is 0 Å². The van der Waals surface area contributed by atoms with Crippen LogP contribution in [0.5, 0.6) is 0 Å². The number of hydrogen-bond acceptors (Lipinski definition) is 4. The maximum absolute atomic E-state index is 12.4. The molecule has 0 spiro atoms. The summed E-state index contributed by atoms with van der Waals surface area (Å²) < 4.78 is 5.23. The largest absolute Gasteiger partial charge is 0.444 e. The molecule has 0 heterocycles. The van der Waals surface area contributed by atoms with E-state index in [2.05, 4.69) is 10.6 Å². The number of carbonyl (C=O) groups is 3. The Morgan fingerprint density at radius 1 is 1.08 bits per heavy atom. The maximum atomic E-state index is 12.4. The number of ketones is 1. The zero-order valence-corrected chi connectivity index (χ0v) is 15.6. The van der Waals surface area contributed by atoms with Crippen molar-refractivity contribution in [1.82, 2.24) is 10.6 Å². The SMILES string of the molecule is CC(=O)[C@H](C)NC(=O)[C@H](CCc1ccccc1)NC(=O)OC(C)(C)C. The number of alkyl carbamates (subject to hydrolysis) is 1. The fourth-order valence-electron chi connectivity index (χ4n) is 2.09. The Bertz CT molecular complexity index is 593. The van der Waals surface area contributed by atoms with Crippen molar-refractivity contribution < 1.29 is 19.1 Å². The first-order valence-corrected chi connectivity index (χ1v) is 8.43. The van der Waals surface area contributed by atoms with Gasteiger partial charge >= 0.3 is 6.09 Å². The van der Waals surface area contributed by atoms with E-state index in [9.17, 15) is 14.4 Å². The minimum absolute atomic E-state index is 0.146. The molecule has 0 saturated carbocycles. The van der Waals surface area contributed by atoms with Gasteiger partial charge in [-0.25, -0.2) is 4.79 Å². The van der Waals surface area contributed by atoms with Gasteiger partial charge in [-0.15, -0.1) is 0 Å². The number of carbonyl (C=O) groups excluding carboxylic acids is 3. The van der Waals surface area contributed by atoms with Crippen LogP contribution in [-0.4, -0.2) is 35.5 Å². The molecule has 2 amide bonds. The second-order valence-corrected chi connectivity index (χ2v) is 7.06. The predicted octanol–water partition coefficient (Wildman–Crippen LogP) is 2.61. The number of benzene rings is 1. The lowest BCUT2D eigenvalue weighted by Gasteiger charge is -2.24. The van der Waals surface area contributed by atoms with Crippen molar-refractivity contribution in [1.29, 1.82) is 0 Å². The van der Waals surface area contributed by atoms with Gasteiger partial charge in [-0.05, 0) is 53.0 Å². The van der Waals surface area contributed by atoms with E-state index in [0.29, 0.717) is 12.8 Å². The zero-order chi connectivity index (χ0) is 19.0. The molecule has 6 heteroatoms. The quantitative estimate of drug-likeness (QED) is 0.793. The summed E-state index contributed by atoms with van der Waals surface area (Å²) in [7, 11) is 0. The fourth-order valence-corrected chi connectivity index (χ4v) is 2.09. The average Bonchev–Trinajstić information content (AvgIpc) is 2.50. The molecule has 1 aromatic carbocycles. The number of nitrogens with one attached hydrogen (secondary N) is 2. The van der Waals surface area contributed by atoms with Crippen LogP contribution < -0.4 is 10.6 Å². The molecule has 0 bridgehead atoms. The Morgan fingerprint density at radius 2 is 1.68 bits per heavy atom. The van der Waals surface area contributed by atoms with E-state index in [-0.39, 0.29) is 5.78 Å². The van der Waals surface area contributed by atoms with Crippen LogP contribution in [0.25, 0.3) is 0 Å². The third-order valence-corrected chi connectivity index (χ3v) is 3.54. The van der Waals surface area contributed by atoms with E-state index in [4.69, 9.17) is 4.74 Å². The summed E-state index contributed by atoms with van der Waals surface area (Å²) in [4.78, 5) is 35.8. The Balaban J connectivity index is 2.76. The molecule has 0 aliphatic rings. The van der Waals surface area contributed by atoms with Crippen molar-refractivity contribution >= 4 is 17.8 Å². The number of aryl methyl sites for hydroxylation is 1. The Labute approximate surface area is 149 Å².